The van der Waals surface area contributed by atoms with Crippen LogP contribution in [-0.4, -0.2) is 40.6 Å². The van der Waals surface area contributed by atoms with E-state index in [0.29, 0.717) is 25.3 Å². The summed E-state index contributed by atoms with van der Waals surface area (Å²) in [7, 11) is -3.71. The molecule has 1 aliphatic rings. The Morgan fingerprint density at radius 2 is 1.73 bits per heavy atom. The molecule has 1 saturated heterocycles. The number of carbonyl (C=O) groups is 1. The van der Waals surface area contributed by atoms with Crippen molar-refractivity contribution >= 4 is 21.6 Å². The maximum atomic E-state index is 12.6. The maximum absolute atomic E-state index is 12.6. The number of morpholine rings is 1. The molecule has 2 aromatic carbocycles. The molecule has 0 atom stereocenters. The van der Waals surface area contributed by atoms with Gasteiger partial charge in [-0.1, -0.05) is 24.3 Å². The van der Waals surface area contributed by atoms with Crippen LogP contribution in [0.4, 0.5) is 5.69 Å². The molecule has 0 radical (unpaired) electrons. The van der Waals surface area contributed by atoms with Crippen molar-refractivity contribution in [3.05, 3.63) is 59.7 Å². The number of nitrogens with zero attached hydrogens (tertiary/aromatic N) is 1. The molecule has 1 heterocycles. The van der Waals surface area contributed by atoms with Gasteiger partial charge < -0.3 is 15.0 Å². The van der Waals surface area contributed by atoms with Crippen LogP contribution in [0.3, 0.4) is 0 Å². The van der Waals surface area contributed by atoms with Crippen molar-refractivity contribution in [3.8, 4) is 0 Å². The second-order valence-electron chi connectivity index (χ2n) is 5.99. The third kappa shape index (κ3) is 4.40. The molecule has 0 aromatic heterocycles. The average molecular weight is 375 g/mol. The van der Waals surface area contributed by atoms with Gasteiger partial charge in [0.15, 0.2) is 0 Å². The summed E-state index contributed by atoms with van der Waals surface area (Å²) in [4.78, 5) is 14.8. The van der Waals surface area contributed by atoms with Gasteiger partial charge in [-0.25, -0.2) is 13.6 Å². The van der Waals surface area contributed by atoms with Crippen LogP contribution in [0.15, 0.2) is 53.4 Å². The molecular weight excluding hydrogens is 354 g/mol. The smallest absolute Gasteiger partial charge is 0.253 e. The summed E-state index contributed by atoms with van der Waals surface area (Å²) in [6.07, 6.45) is 0. The van der Waals surface area contributed by atoms with E-state index in [1.807, 2.05) is 18.2 Å². The van der Waals surface area contributed by atoms with Crippen LogP contribution in [0.2, 0.25) is 0 Å². The molecule has 0 aliphatic carbocycles. The van der Waals surface area contributed by atoms with Gasteiger partial charge in [-0.05, 0) is 29.8 Å². The third-order valence-electron chi connectivity index (χ3n) is 4.21. The molecule has 0 bridgehead atoms. The molecule has 138 valence electrons. The van der Waals surface area contributed by atoms with E-state index in [-0.39, 0.29) is 10.8 Å². The second kappa shape index (κ2) is 7.86. The number of hydrogen-bond donors (Lipinski definition) is 2. The van der Waals surface area contributed by atoms with Crippen LogP contribution in [-0.2, 0) is 21.3 Å². The molecule has 3 N–H and O–H groups in total. The molecule has 2 aromatic rings. The third-order valence-corrected chi connectivity index (χ3v) is 5.13. The van der Waals surface area contributed by atoms with Crippen molar-refractivity contribution in [1.29, 1.82) is 0 Å². The standard InChI is InChI=1S/C18H21N3O4S/c19-26(23,24)15-7-5-14(6-8-15)13-20-18(22)16-3-1-2-4-17(16)21-9-11-25-12-10-21/h1-8H,9-13H2,(H,20,22)(H2,19,23,24). The van der Waals surface area contributed by atoms with Crippen molar-refractivity contribution in [2.24, 2.45) is 5.14 Å². The van der Waals surface area contributed by atoms with Crippen molar-refractivity contribution in [2.45, 2.75) is 11.4 Å². The minimum atomic E-state index is -3.71. The fraction of sp³-hybridized carbons (Fsp3) is 0.278. The number of para-hydroxylation sites is 1. The van der Waals surface area contributed by atoms with Crippen molar-refractivity contribution < 1.29 is 17.9 Å². The van der Waals surface area contributed by atoms with Gasteiger partial charge in [0.05, 0.1) is 23.7 Å². The Balaban J connectivity index is 1.69. The lowest BCUT2D eigenvalue weighted by molar-refractivity contribution is 0.0949. The zero-order chi connectivity index (χ0) is 18.6. The number of sulfonamides is 1. The van der Waals surface area contributed by atoms with Gasteiger partial charge in [-0.3, -0.25) is 4.79 Å². The van der Waals surface area contributed by atoms with Crippen LogP contribution in [0.5, 0.6) is 0 Å². The van der Waals surface area contributed by atoms with Crippen molar-refractivity contribution in [1.82, 2.24) is 5.32 Å². The normalized spacial score (nSPS) is 14.9. The Kier molecular flexibility index (Phi) is 5.55. The van der Waals surface area contributed by atoms with E-state index in [4.69, 9.17) is 9.88 Å². The lowest BCUT2D eigenvalue weighted by Gasteiger charge is -2.30. The Bertz CT molecular complexity index is 876. The van der Waals surface area contributed by atoms with E-state index < -0.39 is 10.0 Å². The summed E-state index contributed by atoms with van der Waals surface area (Å²) in [5.74, 6) is -0.178. The molecule has 0 saturated carbocycles. The highest BCUT2D eigenvalue weighted by Crippen LogP contribution is 2.21. The number of amides is 1. The molecule has 0 unspecified atom stereocenters. The SMILES string of the molecule is NS(=O)(=O)c1ccc(CNC(=O)c2ccccc2N2CCOCC2)cc1. The maximum Gasteiger partial charge on any atom is 0.253 e. The first kappa shape index (κ1) is 18.4. The molecule has 3 rings (SSSR count). The minimum Gasteiger partial charge on any atom is -0.378 e. The summed E-state index contributed by atoms with van der Waals surface area (Å²) < 4.78 is 27.9. The van der Waals surface area contributed by atoms with Gasteiger partial charge >= 0.3 is 0 Å². The predicted octanol–water partition coefficient (Wildman–Crippen LogP) is 1.10. The lowest BCUT2D eigenvalue weighted by atomic mass is 10.1. The van der Waals surface area contributed by atoms with Gasteiger partial charge in [0.1, 0.15) is 0 Å². The Morgan fingerprint density at radius 1 is 1.08 bits per heavy atom. The van der Waals surface area contributed by atoms with Gasteiger partial charge in [-0.15, -0.1) is 0 Å². The largest absolute Gasteiger partial charge is 0.378 e. The summed E-state index contributed by atoms with van der Waals surface area (Å²) in [5.41, 5.74) is 2.28. The van der Waals surface area contributed by atoms with E-state index in [0.717, 1.165) is 24.3 Å². The van der Waals surface area contributed by atoms with Crippen LogP contribution < -0.4 is 15.4 Å². The fourth-order valence-corrected chi connectivity index (χ4v) is 3.34. The summed E-state index contributed by atoms with van der Waals surface area (Å²) in [6, 6.07) is 13.6. The molecule has 1 fully saturated rings. The second-order valence-corrected chi connectivity index (χ2v) is 7.55. The number of carbonyl (C=O) groups excluding carboxylic acids is 1. The molecular formula is C18H21N3O4S. The first-order valence-electron chi connectivity index (χ1n) is 8.27. The number of nitrogens with two attached hydrogens (primary N) is 1. The zero-order valence-corrected chi connectivity index (χ0v) is 15.0. The monoisotopic (exact) mass is 375 g/mol. The summed E-state index contributed by atoms with van der Waals surface area (Å²) >= 11 is 0. The first-order valence-corrected chi connectivity index (χ1v) is 9.81. The molecule has 8 heteroatoms. The van der Waals surface area contributed by atoms with E-state index in [2.05, 4.69) is 10.2 Å². The number of nitrogens with one attached hydrogen (secondary N) is 1. The average Bonchev–Trinajstić information content (AvgIpc) is 2.66. The Hall–Kier alpha value is -2.42. The minimum absolute atomic E-state index is 0.0465. The number of rotatable bonds is 5. The van der Waals surface area contributed by atoms with Crippen LogP contribution >= 0.6 is 0 Å². The molecule has 0 spiro atoms. The van der Waals surface area contributed by atoms with E-state index in [1.165, 1.54) is 12.1 Å². The molecule has 7 nitrogen and oxygen atoms in total. The van der Waals surface area contributed by atoms with E-state index >= 15 is 0 Å². The number of primary sulfonamides is 1. The topological polar surface area (TPSA) is 102 Å². The van der Waals surface area contributed by atoms with Gasteiger partial charge in [0.25, 0.3) is 5.91 Å². The van der Waals surface area contributed by atoms with Crippen molar-refractivity contribution in [2.75, 3.05) is 31.2 Å². The molecule has 1 amide bonds. The van der Waals surface area contributed by atoms with Gasteiger partial charge in [0, 0.05) is 25.3 Å². The number of anilines is 1. The van der Waals surface area contributed by atoms with Gasteiger partial charge in [0.2, 0.25) is 10.0 Å². The van der Waals surface area contributed by atoms with E-state index in [1.54, 1.807) is 18.2 Å². The van der Waals surface area contributed by atoms with Gasteiger partial charge in [-0.2, -0.15) is 0 Å². The Labute approximate surface area is 152 Å². The quantitative estimate of drug-likeness (QED) is 0.815. The summed E-state index contributed by atoms with van der Waals surface area (Å²) in [5, 5.41) is 7.96. The highest BCUT2D eigenvalue weighted by Gasteiger charge is 2.18. The number of benzene rings is 2. The van der Waals surface area contributed by atoms with Crippen LogP contribution in [0, 0.1) is 0 Å². The van der Waals surface area contributed by atoms with E-state index in [9.17, 15) is 13.2 Å². The Morgan fingerprint density at radius 3 is 2.38 bits per heavy atom. The number of hydrogen-bond acceptors (Lipinski definition) is 5. The summed E-state index contributed by atoms with van der Waals surface area (Å²) in [6.45, 7) is 3.08. The lowest BCUT2D eigenvalue weighted by Crippen LogP contribution is -2.37. The predicted molar refractivity (Wildman–Crippen MR) is 98.5 cm³/mol. The van der Waals surface area contributed by atoms with Crippen molar-refractivity contribution in [3.63, 3.8) is 0 Å². The fourth-order valence-electron chi connectivity index (χ4n) is 2.82. The first-order chi connectivity index (χ1) is 12.4. The molecule has 26 heavy (non-hydrogen) atoms. The molecule has 1 aliphatic heterocycles. The number of ether oxygens (including phenoxy) is 1. The highest BCUT2D eigenvalue weighted by atomic mass is 32.2. The van der Waals surface area contributed by atoms with Crippen LogP contribution in [0.25, 0.3) is 0 Å². The van der Waals surface area contributed by atoms with Crippen LogP contribution in [0.1, 0.15) is 15.9 Å². The highest BCUT2D eigenvalue weighted by molar-refractivity contribution is 7.89. The zero-order valence-electron chi connectivity index (χ0n) is 14.2.